The van der Waals surface area contributed by atoms with Gasteiger partial charge in [0.2, 0.25) is 0 Å². The van der Waals surface area contributed by atoms with E-state index in [1.165, 1.54) is 0 Å². The van der Waals surface area contributed by atoms with Crippen molar-refractivity contribution in [3.05, 3.63) is 88.1 Å². The maximum atomic E-state index is 12.6. The Hall–Kier alpha value is -3.15. The molecule has 0 fully saturated rings. The van der Waals surface area contributed by atoms with E-state index in [0.717, 1.165) is 11.1 Å². The fourth-order valence-electron chi connectivity index (χ4n) is 3.71. The van der Waals surface area contributed by atoms with Crippen LogP contribution in [0.25, 0.3) is 16.5 Å². The molecule has 0 aliphatic heterocycles. The fraction of sp³-hybridized carbons (Fsp3) is 0.130. The second-order valence-electron chi connectivity index (χ2n) is 6.93. The van der Waals surface area contributed by atoms with Crippen molar-refractivity contribution in [1.82, 2.24) is 4.57 Å². The summed E-state index contributed by atoms with van der Waals surface area (Å²) in [6.45, 7) is 0.793. The molecule has 1 aliphatic carbocycles. The number of rotatable bonds is 5. The van der Waals surface area contributed by atoms with Crippen molar-refractivity contribution in [2.45, 2.75) is 19.5 Å². The molecule has 0 bridgehead atoms. The predicted octanol–water partition coefficient (Wildman–Crippen LogP) is 4.41. The maximum absolute atomic E-state index is 12.6. The van der Waals surface area contributed by atoms with Gasteiger partial charge in [-0.1, -0.05) is 54.1 Å². The van der Waals surface area contributed by atoms with Gasteiger partial charge in [-0.2, -0.15) is 0 Å². The molecule has 1 heterocycles. The van der Waals surface area contributed by atoms with Crippen LogP contribution in [-0.2, 0) is 17.9 Å². The lowest BCUT2D eigenvalue weighted by Crippen LogP contribution is -2.13. The summed E-state index contributed by atoms with van der Waals surface area (Å²) in [5.74, 6) is -1.20. The average molecular weight is 407 g/mol. The average Bonchev–Trinajstić information content (AvgIpc) is 3.02. The Morgan fingerprint density at radius 2 is 1.86 bits per heavy atom. The van der Waals surface area contributed by atoms with Gasteiger partial charge in [-0.05, 0) is 29.3 Å². The smallest absolute Gasteiger partial charge is 0.353 e. The molecule has 6 heteroatoms. The first-order valence-corrected chi connectivity index (χ1v) is 9.60. The van der Waals surface area contributed by atoms with Gasteiger partial charge in [0.25, 0.3) is 0 Å². The number of ketones is 1. The number of hydrogen-bond acceptors (Lipinski definition) is 3. The van der Waals surface area contributed by atoms with Crippen LogP contribution in [0, 0.1) is 0 Å². The first-order chi connectivity index (χ1) is 14.0. The van der Waals surface area contributed by atoms with Crippen LogP contribution in [0.2, 0.25) is 5.02 Å². The molecule has 29 heavy (non-hydrogen) atoms. The summed E-state index contributed by atoms with van der Waals surface area (Å²) in [6, 6.07) is 13.0. The standard InChI is InChI=1S/C23H19ClN2O3/c24-16-9-10-19-18(11-16)21(17-3-1-2-4-20(17)27)22(23(28)29)26(19)13-15-7-5-14(12-25)6-8-15/h1-3,5-11H,4,12-13,25H2,(H,28,29). The van der Waals surface area contributed by atoms with Crippen LogP contribution in [0.1, 0.15) is 33.6 Å². The molecule has 146 valence electrons. The Morgan fingerprint density at radius 1 is 1.14 bits per heavy atom. The number of nitrogens with zero attached hydrogens (tertiary/aromatic N) is 1. The number of benzene rings is 2. The zero-order valence-corrected chi connectivity index (χ0v) is 16.3. The molecule has 1 aromatic heterocycles. The summed E-state index contributed by atoms with van der Waals surface area (Å²) in [5.41, 5.74) is 9.22. The van der Waals surface area contributed by atoms with Crippen LogP contribution in [0.15, 0.2) is 60.7 Å². The zero-order chi connectivity index (χ0) is 20.5. The minimum atomic E-state index is -1.09. The second kappa shape index (κ2) is 7.70. The first-order valence-electron chi connectivity index (χ1n) is 9.23. The van der Waals surface area contributed by atoms with Crippen molar-refractivity contribution in [2.24, 2.45) is 5.73 Å². The van der Waals surface area contributed by atoms with Gasteiger partial charge in [-0.15, -0.1) is 0 Å². The lowest BCUT2D eigenvalue weighted by molar-refractivity contribution is -0.113. The molecule has 3 aromatic rings. The second-order valence-corrected chi connectivity index (χ2v) is 7.37. The number of halogens is 1. The van der Waals surface area contributed by atoms with Crippen LogP contribution in [0.5, 0.6) is 0 Å². The predicted molar refractivity (Wildman–Crippen MR) is 114 cm³/mol. The Kier molecular flexibility index (Phi) is 5.09. The minimum absolute atomic E-state index is 0.0834. The first kappa shape index (κ1) is 19.2. The number of aromatic nitrogens is 1. The summed E-state index contributed by atoms with van der Waals surface area (Å²) in [5, 5.41) is 11.2. The third-order valence-corrected chi connectivity index (χ3v) is 5.33. The minimum Gasteiger partial charge on any atom is -0.477 e. The summed E-state index contributed by atoms with van der Waals surface area (Å²) < 4.78 is 1.73. The van der Waals surface area contributed by atoms with E-state index in [2.05, 4.69) is 0 Å². The number of carbonyl (C=O) groups is 2. The molecule has 5 nitrogen and oxygen atoms in total. The van der Waals surface area contributed by atoms with Gasteiger partial charge in [0.15, 0.2) is 5.78 Å². The molecule has 0 saturated heterocycles. The molecule has 2 aromatic carbocycles. The van der Waals surface area contributed by atoms with Crippen LogP contribution < -0.4 is 5.73 Å². The SMILES string of the molecule is NCc1ccc(Cn2c(C(=O)O)c(C3=CC=CCC3=O)c3cc(Cl)ccc32)cc1. The van der Waals surface area contributed by atoms with E-state index in [1.807, 2.05) is 24.3 Å². The van der Waals surface area contributed by atoms with Crippen molar-refractivity contribution in [1.29, 1.82) is 0 Å². The van der Waals surface area contributed by atoms with E-state index < -0.39 is 5.97 Å². The summed E-state index contributed by atoms with van der Waals surface area (Å²) >= 11 is 6.21. The molecule has 4 rings (SSSR count). The summed E-state index contributed by atoms with van der Waals surface area (Å²) in [7, 11) is 0. The van der Waals surface area contributed by atoms with Crippen molar-refractivity contribution in [3.63, 3.8) is 0 Å². The summed E-state index contributed by atoms with van der Waals surface area (Å²) in [6.07, 6.45) is 5.46. The normalized spacial score (nSPS) is 13.7. The Morgan fingerprint density at radius 3 is 2.52 bits per heavy atom. The Labute approximate surface area is 172 Å². The van der Waals surface area contributed by atoms with Gasteiger partial charge in [0.05, 0.1) is 0 Å². The molecular weight excluding hydrogens is 388 g/mol. The highest BCUT2D eigenvalue weighted by Gasteiger charge is 2.28. The quantitative estimate of drug-likeness (QED) is 0.657. The number of fused-ring (bicyclic) bond motifs is 1. The van der Waals surface area contributed by atoms with E-state index in [1.54, 1.807) is 41.0 Å². The molecule has 3 N–H and O–H groups in total. The van der Waals surface area contributed by atoms with Gasteiger partial charge in [-0.3, -0.25) is 4.79 Å². The lowest BCUT2D eigenvalue weighted by Gasteiger charge is -2.12. The Balaban J connectivity index is 1.97. The highest BCUT2D eigenvalue weighted by atomic mass is 35.5. The molecule has 1 aliphatic rings. The molecule has 0 spiro atoms. The largest absolute Gasteiger partial charge is 0.477 e. The van der Waals surface area contributed by atoms with Crippen LogP contribution in [-0.4, -0.2) is 21.4 Å². The molecular formula is C23H19ClN2O3. The molecule has 0 saturated carbocycles. The van der Waals surface area contributed by atoms with Gasteiger partial charge in [0, 0.05) is 46.6 Å². The van der Waals surface area contributed by atoms with E-state index in [4.69, 9.17) is 17.3 Å². The maximum Gasteiger partial charge on any atom is 0.353 e. The van der Waals surface area contributed by atoms with E-state index in [0.29, 0.717) is 40.2 Å². The molecule has 0 atom stereocenters. The topological polar surface area (TPSA) is 85.3 Å². The number of Topliss-reactive ketones (excluding diaryl/α,β-unsaturated/α-hetero) is 1. The number of carboxylic acid groups (broad SMARTS) is 1. The van der Waals surface area contributed by atoms with Crippen LogP contribution in [0.4, 0.5) is 0 Å². The highest BCUT2D eigenvalue weighted by Crippen LogP contribution is 2.36. The van der Waals surface area contributed by atoms with E-state index >= 15 is 0 Å². The molecule has 0 amide bonds. The summed E-state index contributed by atoms with van der Waals surface area (Å²) in [4.78, 5) is 24.9. The Bertz CT molecular complexity index is 1190. The van der Waals surface area contributed by atoms with Gasteiger partial charge < -0.3 is 15.4 Å². The van der Waals surface area contributed by atoms with Crippen LogP contribution >= 0.6 is 11.6 Å². The lowest BCUT2D eigenvalue weighted by atomic mass is 9.93. The molecule has 0 radical (unpaired) electrons. The van der Waals surface area contributed by atoms with Gasteiger partial charge >= 0.3 is 5.97 Å². The van der Waals surface area contributed by atoms with Crippen molar-refractivity contribution in [3.8, 4) is 0 Å². The van der Waals surface area contributed by atoms with Crippen molar-refractivity contribution in [2.75, 3.05) is 0 Å². The number of carbonyl (C=O) groups excluding carboxylic acids is 1. The number of allylic oxidation sites excluding steroid dienone is 4. The van der Waals surface area contributed by atoms with Gasteiger partial charge in [0.1, 0.15) is 5.69 Å². The van der Waals surface area contributed by atoms with Gasteiger partial charge in [-0.25, -0.2) is 4.79 Å². The third kappa shape index (κ3) is 3.50. The van der Waals surface area contributed by atoms with Crippen LogP contribution in [0.3, 0.4) is 0 Å². The van der Waals surface area contributed by atoms with E-state index in [9.17, 15) is 14.7 Å². The highest BCUT2D eigenvalue weighted by molar-refractivity contribution is 6.32. The van der Waals surface area contributed by atoms with Crippen molar-refractivity contribution < 1.29 is 14.7 Å². The number of carboxylic acids is 1. The number of aromatic carboxylic acids is 1. The monoisotopic (exact) mass is 406 g/mol. The third-order valence-electron chi connectivity index (χ3n) is 5.10. The fourth-order valence-corrected chi connectivity index (χ4v) is 3.89. The van der Waals surface area contributed by atoms with Crippen molar-refractivity contribution >= 4 is 39.8 Å². The molecule has 0 unspecified atom stereocenters. The number of hydrogen-bond donors (Lipinski definition) is 2. The zero-order valence-electron chi connectivity index (χ0n) is 15.6. The number of nitrogens with two attached hydrogens (primary N) is 1. The van der Waals surface area contributed by atoms with E-state index in [-0.39, 0.29) is 17.9 Å².